The van der Waals surface area contributed by atoms with Gasteiger partial charge >= 0.3 is 0 Å². The third kappa shape index (κ3) is 9.39. The van der Waals surface area contributed by atoms with Crippen LogP contribution >= 0.6 is 22.7 Å². The van der Waals surface area contributed by atoms with Gasteiger partial charge in [0.2, 0.25) is 0 Å². The predicted molar refractivity (Wildman–Crippen MR) is 490 cm³/mol. The van der Waals surface area contributed by atoms with Gasteiger partial charge in [0.15, 0.2) is 0 Å². The molecule has 0 saturated heterocycles. The molecule has 538 valence electrons. The Morgan fingerprint density at radius 1 is 0.322 bits per heavy atom. The van der Waals surface area contributed by atoms with Crippen molar-refractivity contribution < 1.29 is 18.4 Å². The van der Waals surface area contributed by atoms with Gasteiger partial charge in [-0.25, -0.2) is 0 Å². The minimum Gasteiger partial charge on any atom is -0.455 e. The fourth-order valence-corrected chi connectivity index (χ4v) is 21.4. The lowest BCUT2D eigenvalue weighted by atomic mass is 9.33. The van der Waals surface area contributed by atoms with E-state index >= 15 is 0 Å². The van der Waals surface area contributed by atoms with Gasteiger partial charge in [0, 0.05) is 140 Å². The van der Waals surface area contributed by atoms with Gasteiger partial charge in [-0.1, -0.05) is 269 Å². The molecule has 0 N–H and O–H groups in total. The number of rotatable bonds is 8. The number of hydrogen-bond acceptors (Lipinski definition) is 6. The Labute approximate surface area is 680 Å². The maximum absolute atomic E-state index is 10.6. The van der Waals surface area contributed by atoms with E-state index in [1.807, 2.05) is 54.6 Å². The number of hydrogen-bond donors (Lipinski definition) is 0. The van der Waals surface area contributed by atoms with Crippen LogP contribution in [0, 0.1) is 0 Å². The number of anilines is 6. The Kier molecular flexibility index (Phi) is 12.2. The highest BCUT2D eigenvalue weighted by molar-refractivity contribution is 7.26. The SMILES string of the molecule is [2H]c1c([2H])c([2H])c2c(c1[2H])c1c([2H])c([2H])c(-c3ccccc3)c([2H])c1n2-c1ccc2c(c1)N(c1c(-c3cccc4c3oc3ccccc34)ccc3sc4ccccc4c13)c1cc(C(C)(C)C)cc3c1B2c1ccc(-c2ccc(-n4c5ccccc5c5ccccc54)cc2)cc1N3c1c(-c2cccc3c2oc2ccccc23)ccc2sc3ccccc3c12. The van der Waals surface area contributed by atoms with E-state index in [1.54, 1.807) is 27.2 Å². The molecule has 8 heterocycles. The average Bonchev–Trinajstić information content (AvgIpc) is 0.694. The molecule has 0 unspecified atom stereocenters. The summed E-state index contributed by atoms with van der Waals surface area (Å²) in [6, 6.07) is 108. The summed E-state index contributed by atoms with van der Waals surface area (Å²) >= 11 is 3.55. The zero-order valence-electron chi connectivity index (χ0n) is 69.4. The van der Waals surface area contributed by atoms with E-state index < -0.39 is 24.2 Å². The highest BCUT2D eigenvalue weighted by atomic mass is 32.1. The first-order chi connectivity index (χ1) is 59.6. The summed E-state index contributed by atoms with van der Waals surface area (Å²) in [7, 11) is 0. The summed E-state index contributed by atoms with van der Waals surface area (Å²) in [5.41, 5.74) is 22.8. The molecule has 6 aromatic heterocycles. The van der Waals surface area contributed by atoms with Gasteiger partial charge in [-0.3, -0.25) is 0 Å². The first-order valence-corrected chi connectivity index (χ1v) is 40.7. The maximum atomic E-state index is 10.6. The van der Waals surface area contributed by atoms with Crippen LogP contribution in [0.3, 0.4) is 0 Å². The predicted octanol–water partition coefficient (Wildman–Crippen LogP) is 28.5. The second-order valence-electron chi connectivity index (χ2n) is 31.5. The van der Waals surface area contributed by atoms with Crippen LogP contribution in [0.25, 0.3) is 184 Å². The van der Waals surface area contributed by atoms with Crippen molar-refractivity contribution in [3.63, 3.8) is 0 Å². The van der Waals surface area contributed by atoms with Crippen molar-refractivity contribution in [3.8, 4) is 55.9 Å². The second kappa shape index (κ2) is 24.3. The lowest BCUT2D eigenvalue weighted by Crippen LogP contribution is -2.61. The molecule has 9 heteroatoms. The first kappa shape index (κ1) is 58.0. The molecule has 0 radical (unpaired) electrons. The highest BCUT2D eigenvalue weighted by Crippen LogP contribution is 2.58. The maximum Gasteiger partial charge on any atom is 0.252 e. The highest BCUT2D eigenvalue weighted by Gasteiger charge is 2.47. The molecule has 0 aliphatic carbocycles. The van der Waals surface area contributed by atoms with Gasteiger partial charge in [0.1, 0.15) is 22.3 Å². The minimum atomic E-state index is -0.522. The van der Waals surface area contributed by atoms with Crippen molar-refractivity contribution in [1.82, 2.24) is 9.13 Å². The summed E-state index contributed by atoms with van der Waals surface area (Å²) < 4.78 is 92.4. The fourth-order valence-electron chi connectivity index (χ4n) is 19.1. The van der Waals surface area contributed by atoms with Gasteiger partial charge in [0.05, 0.1) is 43.0 Å². The van der Waals surface area contributed by atoms with Crippen molar-refractivity contribution in [3.05, 3.63) is 357 Å². The molecule has 0 amide bonds. The molecule has 0 spiro atoms. The van der Waals surface area contributed by atoms with Crippen LogP contribution in [-0.2, 0) is 5.41 Å². The number of para-hydroxylation sites is 7. The van der Waals surface area contributed by atoms with Crippen molar-refractivity contribution in [1.29, 1.82) is 0 Å². The van der Waals surface area contributed by atoms with Crippen molar-refractivity contribution in [2.24, 2.45) is 0 Å². The standard InChI is InChI=1S/C106H67BN4O2S2/c1-106(2,3)66-59-91-101-92(60-66)111(103-76(52-56-98-100(103)82-31-13-20-42-96(82)115-98)80-35-22-33-78-74-29-11-18-40-94(74)113-105(78)80)90-61-68(109-87-38-16-9-27-71(87)72-50-45-64(57-88(72)109)62-23-5-4-6-24-62)49-54-84(90)107(101)83-53-46-65(63-43-47-67(48-44-63)108-85-36-14-7-25-69(85)70-26-8-15-37-86(70)108)58-89(83)110(91)102-75(51-55-97-99(102)81-30-12-19-41-95(81)114-97)79-34-21-32-77-73-28-10-17-39-93(73)112-104(77)79/h4-61H,1-3H3/i9D,16D,27D,38D,45D,50D,57D. The lowest BCUT2D eigenvalue weighted by molar-refractivity contribution is 0.590. The normalized spacial score (nSPS) is 13.8. The third-order valence-corrected chi connectivity index (χ3v) is 26.6. The molecule has 17 aromatic carbocycles. The van der Waals surface area contributed by atoms with E-state index in [-0.39, 0.29) is 57.6 Å². The summed E-state index contributed by atoms with van der Waals surface area (Å²) in [6.45, 7) is 6.39. The van der Waals surface area contributed by atoms with Gasteiger partial charge in [-0.15, -0.1) is 22.7 Å². The fraction of sp³-hybridized carbons (Fsp3) is 0.0377. The van der Waals surface area contributed by atoms with Crippen molar-refractivity contribution >= 4 is 208 Å². The first-order valence-electron chi connectivity index (χ1n) is 42.6. The van der Waals surface area contributed by atoms with Gasteiger partial charge in [-0.05, 0) is 153 Å². The van der Waals surface area contributed by atoms with Gasteiger partial charge in [0.25, 0.3) is 6.71 Å². The molecular formula is C106H67BN4O2S2. The van der Waals surface area contributed by atoms with E-state index in [9.17, 15) is 9.60 Å². The monoisotopic (exact) mass is 1510 g/mol. The molecule has 2 aliphatic rings. The largest absolute Gasteiger partial charge is 0.455 e. The van der Waals surface area contributed by atoms with Crippen LogP contribution < -0.4 is 26.2 Å². The van der Waals surface area contributed by atoms with Crippen LogP contribution in [0.2, 0.25) is 0 Å². The smallest absolute Gasteiger partial charge is 0.252 e. The van der Waals surface area contributed by atoms with E-state index in [0.29, 0.717) is 11.3 Å². The average molecular weight is 1510 g/mol. The molecule has 0 saturated carbocycles. The van der Waals surface area contributed by atoms with Gasteiger partial charge < -0.3 is 27.8 Å². The Morgan fingerprint density at radius 3 is 1.40 bits per heavy atom. The van der Waals surface area contributed by atoms with Crippen LogP contribution in [0.1, 0.15) is 35.9 Å². The van der Waals surface area contributed by atoms with Crippen LogP contribution in [0.5, 0.6) is 0 Å². The summed E-state index contributed by atoms with van der Waals surface area (Å²) in [5.74, 6) is 0. The van der Waals surface area contributed by atoms with Crippen molar-refractivity contribution in [2.45, 2.75) is 26.2 Å². The Bertz CT molecular complexity index is 8530. The van der Waals surface area contributed by atoms with Crippen molar-refractivity contribution in [2.75, 3.05) is 9.80 Å². The molecule has 0 atom stereocenters. The van der Waals surface area contributed by atoms with E-state index in [0.717, 1.165) is 190 Å². The van der Waals surface area contributed by atoms with E-state index in [2.05, 4.69) is 290 Å². The molecule has 25 rings (SSSR count). The zero-order chi connectivity index (χ0) is 81.7. The number of nitrogens with zero attached hydrogens (tertiary/aromatic N) is 4. The molecule has 115 heavy (non-hydrogen) atoms. The topological polar surface area (TPSA) is 42.6 Å². The summed E-state index contributed by atoms with van der Waals surface area (Å²) in [4.78, 5) is 5.12. The molecular weight excluding hydrogens is 1440 g/mol. The second-order valence-corrected chi connectivity index (χ2v) is 33.7. The Balaban J connectivity index is 0.844. The molecule has 6 nitrogen and oxygen atoms in total. The van der Waals surface area contributed by atoms with Crippen LogP contribution in [0.4, 0.5) is 34.1 Å². The third-order valence-electron chi connectivity index (χ3n) is 24.3. The van der Waals surface area contributed by atoms with Crippen LogP contribution in [-0.4, -0.2) is 15.8 Å². The summed E-state index contributed by atoms with van der Waals surface area (Å²) in [5, 5.41) is 10.9. The van der Waals surface area contributed by atoms with E-state index in [4.69, 9.17) is 8.83 Å². The Morgan fingerprint density at radius 2 is 0.800 bits per heavy atom. The number of thiophene rings is 2. The minimum absolute atomic E-state index is 0.0653. The van der Waals surface area contributed by atoms with Gasteiger partial charge in [-0.2, -0.15) is 0 Å². The molecule has 23 aromatic rings. The number of benzene rings is 17. The molecule has 0 fully saturated rings. The van der Waals surface area contributed by atoms with Crippen LogP contribution in [0.15, 0.2) is 361 Å². The number of fused-ring (bicyclic) bond motifs is 22. The number of aromatic nitrogens is 2. The zero-order valence-corrected chi connectivity index (χ0v) is 64.1. The summed E-state index contributed by atoms with van der Waals surface area (Å²) in [6.07, 6.45) is 0. The number of furan rings is 2. The Hall–Kier alpha value is -14.0. The quantitative estimate of drug-likeness (QED) is 0.142. The molecule has 0 bridgehead atoms. The molecule has 2 aliphatic heterocycles. The lowest BCUT2D eigenvalue weighted by Gasteiger charge is -2.46. The van der Waals surface area contributed by atoms with E-state index in [1.165, 1.54) is 10.8 Å².